The molecule has 1 amide bonds. The van der Waals surface area contributed by atoms with E-state index in [4.69, 9.17) is 4.74 Å². The Balaban J connectivity index is 1.65. The molecule has 0 spiro atoms. The molecular weight excluding hydrogens is 444 g/mol. The highest BCUT2D eigenvalue weighted by Crippen LogP contribution is 2.23. The summed E-state index contributed by atoms with van der Waals surface area (Å²) in [6.45, 7) is 10.1. The number of hydrogen-bond acceptors (Lipinski definition) is 2. The van der Waals surface area contributed by atoms with Crippen LogP contribution in [0.2, 0.25) is 0 Å². The molecule has 0 radical (unpaired) electrons. The number of amides is 1. The van der Waals surface area contributed by atoms with Crippen LogP contribution in [0.5, 0.6) is 5.75 Å². The Morgan fingerprint density at radius 3 is 2.11 bits per heavy atom. The van der Waals surface area contributed by atoms with Crippen molar-refractivity contribution in [2.45, 2.75) is 124 Å². The number of unbranched alkanes of at least 4 members (excludes halogenated alkanes) is 11. The third kappa shape index (κ3) is 11.1. The highest BCUT2D eigenvalue weighted by molar-refractivity contribution is 5.91. The molecule has 1 unspecified atom stereocenters. The topological polar surface area (TPSA) is 42.2 Å². The summed E-state index contributed by atoms with van der Waals surface area (Å²) in [6.07, 6.45) is 19.2. The second-order valence-electron chi connectivity index (χ2n) is 10.2. The van der Waals surface area contributed by atoms with Gasteiger partial charge in [-0.25, -0.2) is 0 Å². The standard InChI is InChI=1S/C32H50N2O2/c1-5-7-8-9-10-11-12-13-14-15-16-19-25-36-29-21-22-30(27(3)26-29)28(4)33-32(35)31-20-17-18-24-34(31)23-6-2/h17-18,20-22,24,26,28H,5-16,19,23,25H2,1-4H3/p+1. The SMILES string of the molecule is CCCCCCCCCCCCCCOc1ccc(C(C)NC(=O)c2cccc[n+]2CCC)c(C)c1. The largest absolute Gasteiger partial charge is 0.494 e. The van der Waals surface area contributed by atoms with Gasteiger partial charge in [-0.3, -0.25) is 4.79 Å². The summed E-state index contributed by atoms with van der Waals surface area (Å²) >= 11 is 0. The number of carbonyl (C=O) groups excluding carboxylic acids is 1. The van der Waals surface area contributed by atoms with Gasteiger partial charge in [0.15, 0.2) is 6.20 Å². The molecule has 36 heavy (non-hydrogen) atoms. The zero-order chi connectivity index (χ0) is 26.0. The van der Waals surface area contributed by atoms with Crippen molar-refractivity contribution in [3.8, 4) is 5.75 Å². The van der Waals surface area contributed by atoms with E-state index in [9.17, 15) is 4.79 Å². The lowest BCUT2D eigenvalue weighted by Gasteiger charge is -2.17. The van der Waals surface area contributed by atoms with Crippen LogP contribution in [0.3, 0.4) is 0 Å². The number of pyridine rings is 1. The van der Waals surface area contributed by atoms with Crippen molar-refractivity contribution < 1.29 is 14.1 Å². The predicted octanol–water partition coefficient (Wildman–Crippen LogP) is 8.26. The van der Waals surface area contributed by atoms with E-state index < -0.39 is 0 Å². The van der Waals surface area contributed by atoms with Gasteiger partial charge < -0.3 is 10.1 Å². The Morgan fingerprint density at radius 1 is 0.861 bits per heavy atom. The van der Waals surface area contributed by atoms with Gasteiger partial charge in [-0.05, 0) is 49.6 Å². The lowest BCUT2D eigenvalue weighted by molar-refractivity contribution is -0.698. The quantitative estimate of drug-likeness (QED) is 0.157. The van der Waals surface area contributed by atoms with E-state index in [0.717, 1.165) is 42.9 Å². The van der Waals surface area contributed by atoms with Gasteiger partial charge >= 0.3 is 5.91 Å². The first-order chi connectivity index (χ1) is 17.6. The molecule has 4 nitrogen and oxygen atoms in total. The number of aryl methyl sites for hydroxylation is 2. The molecule has 0 bridgehead atoms. The van der Waals surface area contributed by atoms with Crippen LogP contribution in [-0.4, -0.2) is 12.5 Å². The fourth-order valence-corrected chi connectivity index (χ4v) is 4.82. The van der Waals surface area contributed by atoms with Crippen LogP contribution in [0.15, 0.2) is 42.6 Å². The van der Waals surface area contributed by atoms with Gasteiger partial charge in [0, 0.05) is 18.6 Å². The fraction of sp³-hybridized carbons (Fsp3) is 0.625. The van der Waals surface area contributed by atoms with Gasteiger partial charge in [-0.1, -0.05) is 90.5 Å². The van der Waals surface area contributed by atoms with E-state index in [1.807, 2.05) is 42.0 Å². The van der Waals surface area contributed by atoms with Crippen molar-refractivity contribution in [2.75, 3.05) is 6.61 Å². The molecule has 1 aromatic heterocycles. The number of carbonyl (C=O) groups is 1. The van der Waals surface area contributed by atoms with Crippen LogP contribution in [-0.2, 0) is 6.54 Å². The van der Waals surface area contributed by atoms with Crippen molar-refractivity contribution in [1.29, 1.82) is 0 Å². The Kier molecular flexibility index (Phi) is 14.9. The van der Waals surface area contributed by atoms with E-state index >= 15 is 0 Å². The smallest absolute Gasteiger partial charge is 0.316 e. The summed E-state index contributed by atoms with van der Waals surface area (Å²) < 4.78 is 8.03. The first kappa shape index (κ1) is 29.9. The molecule has 1 N–H and O–H groups in total. The van der Waals surface area contributed by atoms with Crippen LogP contribution < -0.4 is 14.6 Å². The lowest BCUT2D eigenvalue weighted by atomic mass is 10.0. The molecule has 0 saturated heterocycles. The Hall–Kier alpha value is -2.36. The molecule has 4 heteroatoms. The maximum Gasteiger partial charge on any atom is 0.316 e. The summed E-state index contributed by atoms with van der Waals surface area (Å²) in [5.74, 6) is 0.880. The van der Waals surface area contributed by atoms with Crippen LogP contribution >= 0.6 is 0 Å². The Morgan fingerprint density at radius 2 is 1.50 bits per heavy atom. The van der Waals surface area contributed by atoms with Gasteiger partial charge in [0.1, 0.15) is 12.3 Å². The molecule has 1 atom stereocenters. The molecule has 2 rings (SSSR count). The second-order valence-corrected chi connectivity index (χ2v) is 10.2. The van der Waals surface area contributed by atoms with Crippen LogP contribution in [0.1, 0.15) is 132 Å². The molecule has 0 aliphatic rings. The van der Waals surface area contributed by atoms with E-state index in [-0.39, 0.29) is 11.9 Å². The summed E-state index contributed by atoms with van der Waals surface area (Å²) in [6, 6.07) is 11.9. The van der Waals surface area contributed by atoms with Crippen molar-refractivity contribution in [3.05, 3.63) is 59.4 Å². The second kappa shape index (κ2) is 18.0. The average molecular weight is 496 g/mol. The first-order valence-corrected chi connectivity index (χ1v) is 14.6. The summed E-state index contributed by atoms with van der Waals surface area (Å²) in [7, 11) is 0. The monoisotopic (exact) mass is 495 g/mol. The van der Waals surface area contributed by atoms with Crippen LogP contribution in [0.25, 0.3) is 0 Å². The number of aromatic nitrogens is 1. The minimum absolute atomic E-state index is 0.0387. The van der Waals surface area contributed by atoms with Gasteiger partial charge in [0.05, 0.1) is 12.6 Å². The van der Waals surface area contributed by atoms with Crippen LogP contribution in [0.4, 0.5) is 0 Å². The maximum atomic E-state index is 12.9. The summed E-state index contributed by atoms with van der Waals surface area (Å²) in [5.41, 5.74) is 2.97. The normalized spacial score (nSPS) is 11.9. The number of nitrogens with zero attached hydrogens (tertiary/aromatic N) is 1. The van der Waals surface area contributed by atoms with E-state index in [1.54, 1.807) is 0 Å². The number of nitrogens with one attached hydrogen (secondary N) is 1. The number of hydrogen-bond donors (Lipinski definition) is 1. The third-order valence-corrected chi connectivity index (χ3v) is 6.96. The van der Waals surface area contributed by atoms with E-state index in [1.165, 1.54) is 70.6 Å². The average Bonchev–Trinajstić information content (AvgIpc) is 2.87. The molecule has 0 fully saturated rings. The molecular formula is C32H51N2O2+. The highest BCUT2D eigenvalue weighted by atomic mass is 16.5. The number of benzene rings is 1. The molecule has 200 valence electrons. The molecule has 0 aliphatic heterocycles. The number of ether oxygens (including phenoxy) is 1. The highest BCUT2D eigenvalue weighted by Gasteiger charge is 2.21. The van der Waals surface area contributed by atoms with Crippen LogP contribution in [0, 0.1) is 6.92 Å². The van der Waals surface area contributed by atoms with Crippen molar-refractivity contribution >= 4 is 5.91 Å². The summed E-state index contributed by atoms with van der Waals surface area (Å²) in [4.78, 5) is 12.9. The number of rotatable bonds is 19. The van der Waals surface area contributed by atoms with Gasteiger partial charge in [0.2, 0.25) is 0 Å². The molecule has 2 aromatic rings. The first-order valence-electron chi connectivity index (χ1n) is 14.6. The van der Waals surface area contributed by atoms with Gasteiger partial charge in [0.25, 0.3) is 5.69 Å². The van der Waals surface area contributed by atoms with Crippen molar-refractivity contribution in [1.82, 2.24) is 5.32 Å². The van der Waals surface area contributed by atoms with Crippen molar-refractivity contribution in [2.24, 2.45) is 0 Å². The van der Waals surface area contributed by atoms with Gasteiger partial charge in [-0.15, -0.1) is 0 Å². The predicted molar refractivity (Wildman–Crippen MR) is 151 cm³/mol. The lowest BCUT2D eigenvalue weighted by Crippen LogP contribution is -2.43. The van der Waals surface area contributed by atoms with E-state index in [2.05, 4.69) is 38.2 Å². The Bertz CT molecular complexity index is 880. The molecule has 0 aliphatic carbocycles. The minimum Gasteiger partial charge on any atom is -0.494 e. The molecule has 0 saturated carbocycles. The maximum absolute atomic E-state index is 12.9. The van der Waals surface area contributed by atoms with Crippen molar-refractivity contribution in [3.63, 3.8) is 0 Å². The van der Waals surface area contributed by atoms with Gasteiger partial charge in [-0.2, -0.15) is 4.57 Å². The fourth-order valence-electron chi connectivity index (χ4n) is 4.82. The molecule has 1 heterocycles. The zero-order valence-corrected chi connectivity index (χ0v) is 23.5. The minimum atomic E-state index is -0.0711. The third-order valence-electron chi connectivity index (χ3n) is 6.96. The molecule has 1 aromatic carbocycles. The zero-order valence-electron chi connectivity index (χ0n) is 23.5. The van der Waals surface area contributed by atoms with E-state index in [0.29, 0.717) is 5.69 Å². The Labute approximate surface area is 220 Å². The summed E-state index contributed by atoms with van der Waals surface area (Å²) in [5, 5.41) is 3.17.